The Labute approximate surface area is 69.1 Å². The van der Waals surface area contributed by atoms with E-state index in [-0.39, 0.29) is 5.19 Å². The number of thiazole rings is 1. The summed E-state index contributed by atoms with van der Waals surface area (Å²) in [6.45, 7) is 0. The van der Waals surface area contributed by atoms with Gasteiger partial charge in [0.05, 0.1) is 9.98 Å². The van der Waals surface area contributed by atoms with E-state index in [4.69, 9.17) is 5.73 Å². The summed E-state index contributed by atoms with van der Waals surface area (Å²) in [6.07, 6.45) is 0.685. The molecular weight excluding hydrogens is 220 g/mol. The third-order valence-electron chi connectivity index (χ3n) is 0.644. The number of hydrogen-bond donors (Lipinski definition) is 1. The highest BCUT2D eigenvalue weighted by Crippen LogP contribution is 2.24. The summed E-state index contributed by atoms with van der Waals surface area (Å²) < 4.78 is 5.25. The molecule has 0 saturated carbocycles. The third-order valence-corrected chi connectivity index (χ3v) is 2.00. The van der Waals surface area contributed by atoms with Gasteiger partial charge in [-0.15, -0.1) is 0 Å². The van der Waals surface area contributed by atoms with Gasteiger partial charge in [0.15, 0.2) is 0 Å². The molecule has 1 aromatic heterocycles. The van der Waals surface area contributed by atoms with Crippen LogP contribution < -0.4 is 10.5 Å². The fourth-order valence-electron chi connectivity index (χ4n) is 0.373. The molecule has 4 nitrogen and oxygen atoms in total. The number of nitrogens with zero attached hydrogens (tertiary/aromatic N) is 1. The summed E-state index contributed by atoms with van der Waals surface area (Å²) >= 11 is 4.34. The molecule has 2 N–H and O–H groups in total. The Hall–Kier alpha value is -0.620. The molecule has 6 heteroatoms. The average molecular weight is 223 g/mol. The van der Waals surface area contributed by atoms with Gasteiger partial charge in [-0.3, -0.25) is 0 Å². The van der Waals surface area contributed by atoms with Crippen molar-refractivity contribution < 1.29 is 9.53 Å². The number of amides is 1. The Morgan fingerprint density at radius 1 is 1.90 bits per heavy atom. The van der Waals surface area contributed by atoms with Crippen molar-refractivity contribution in [3.8, 4) is 5.19 Å². The van der Waals surface area contributed by atoms with Gasteiger partial charge < -0.3 is 10.5 Å². The molecule has 0 aliphatic rings. The second-order valence-electron chi connectivity index (χ2n) is 1.35. The van der Waals surface area contributed by atoms with Crippen molar-refractivity contribution in [1.29, 1.82) is 0 Å². The Morgan fingerprint density at radius 2 is 2.60 bits per heavy atom. The first kappa shape index (κ1) is 7.49. The van der Waals surface area contributed by atoms with Crippen LogP contribution in [0.4, 0.5) is 4.79 Å². The first-order chi connectivity index (χ1) is 4.68. The number of rotatable bonds is 1. The predicted octanol–water partition coefficient (Wildman–Crippen LogP) is 1.36. The Balaban J connectivity index is 2.67. The first-order valence-corrected chi connectivity index (χ1v) is 3.88. The lowest BCUT2D eigenvalue weighted by Crippen LogP contribution is -2.15. The fraction of sp³-hybridized carbons (Fsp3) is 0. The molecule has 0 unspecified atom stereocenters. The van der Waals surface area contributed by atoms with Crippen LogP contribution >= 0.6 is 27.3 Å². The topological polar surface area (TPSA) is 65.2 Å². The zero-order valence-electron chi connectivity index (χ0n) is 4.70. The lowest BCUT2D eigenvalue weighted by molar-refractivity contribution is 0.210. The maximum absolute atomic E-state index is 10.1. The SMILES string of the molecule is NC(=O)Oc1ncc(Br)s1. The molecule has 1 rings (SSSR count). The van der Waals surface area contributed by atoms with Gasteiger partial charge in [0.25, 0.3) is 5.19 Å². The van der Waals surface area contributed by atoms with Crippen molar-refractivity contribution in [2.24, 2.45) is 5.73 Å². The number of carbonyl (C=O) groups excluding carboxylic acids is 1. The van der Waals surface area contributed by atoms with E-state index >= 15 is 0 Å². The molecular formula is C4H3BrN2O2S. The monoisotopic (exact) mass is 222 g/mol. The van der Waals surface area contributed by atoms with E-state index in [1.807, 2.05) is 0 Å². The summed E-state index contributed by atoms with van der Waals surface area (Å²) in [4.78, 5) is 13.8. The molecule has 0 bridgehead atoms. The van der Waals surface area contributed by atoms with Crippen molar-refractivity contribution in [3.63, 3.8) is 0 Å². The van der Waals surface area contributed by atoms with E-state index in [0.717, 1.165) is 3.79 Å². The van der Waals surface area contributed by atoms with Gasteiger partial charge in [-0.2, -0.15) is 0 Å². The third kappa shape index (κ3) is 1.96. The highest BCUT2D eigenvalue weighted by atomic mass is 79.9. The predicted molar refractivity (Wildman–Crippen MR) is 40.0 cm³/mol. The highest BCUT2D eigenvalue weighted by molar-refractivity contribution is 9.11. The minimum Gasteiger partial charge on any atom is -0.381 e. The van der Waals surface area contributed by atoms with Gasteiger partial charge in [-0.25, -0.2) is 9.78 Å². The lowest BCUT2D eigenvalue weighted by Gasteiger charge is -1.89. The van der Waals surface area contributed by atoms with Gasteiger partial charge in [-0.1, -0.05) is 11.3 Å². The summed E-state index contributed by atoms with van der Waals surface area (Å²) in [5.41, 5.74) is 4.72. The Kier molecular flexibility index (Phi) is 2.23. The summed E-state index contributed by atoms with van der Waals surface area (Å²) in [5.74, 6) is 0. The van der Waals surface area contributed by atoms with Crippen molar-refractivity contribution in [1.82, 2.24) is 4.98 Å². The molecule has 0 aliphatic carbocycles. The summed E-state index contributed by atoms with van der Waals surface area (Å²) in [6, 6.07) is 0. The molecule has 0 aromatic carbocycles. The van der Waals surface area contributed by atoms with Crippen LogP contribution in [-0.2, 0) is 0 Å². The van der Waals surface area contributed by atoms with Gasteiger partial charge in [0.1, 0.15) is 0 Å². The molecule has 1 amide bonds. The normalized spacial score (nSPS) is 9.30. The quantitative estimate of drug-likeness (QED) is 0.781. The molecule has 54 valence electrons. The van der Waals surface area contributed by atoms with Crippen molar-refractivity contribution in [2.45, 2.75) is 0 Å². The first-order valence-electron chi connectivity index (χ1n) is 2.27. The van der Waals surface area contributed by atoms with Crippen molar-refractivity contribution >= 4 is 33.4 Å². The number of nitrogens with two attached hydrogens (primary N) is 1. The molecule has 0 radical (unpaired) electrons. The number of halogens is 1. The summed E-state index contributed by atoms with van der Waals surface area (Å²) in [7, 11) is 0. The smallest absolute Gasteiger partial charge is 0.381 e. The van der Waals surface area contributed by atoms with Crippen LogP contribution in [0.2, 0.25) is 0 Å². The van der Waals surface area contributed by atoms with E-state index in [1.54, 1.807) is 0 Å². The van der Waals surface area contributed by atoms with Gasteiger partial charge >= 0.3 is 6.09 Å². The Bertz CT molecular complexity index is 249. The van der Waals surface area contributed by atoms with Crippen LogP contribution in [0.3, 0.4) is 0 Å². The second-order valence-corrected chi connectivity index (χ2v) is 3.72. The van der Waals surface area contributed by atoms with Gasteiger partial charge in [-0.05, 0) is 15.9 Å². The molecule has 1 aromatic rings. The van der Waals surface area contributed by atoms with E-state index < -0.39 is 6.09 Å². The minimum absolute atomic E-state index is 0.249. The van der Waals surface area contributed by atoms with E-state index in [2.05, 4.69) is 25.7 Å². The lowest BCUT2D eigenvalue weighted by atomic mass is 11.0. The van der Waals surface area contributed by atoms with E-state index in [0.29, 0.717) is 0 Å². The number of hydrogen-bond acceptors (Lipinski definition) is 4. The second kappa shape index (κ2) is 2.98. The highest BCUT2D eigenvalue weighted by Gasteiger charge is 2.02. The zero-order valence-corrected chi connectivity index (χ0v) is 7.11. The van der Waals surface area contributed by atoms with Gasteiger partial charge in [0.2, 0.25) is 0 Å². The Morgan fingerprint density at radius 3 is 3.00 bits per heavy atom. The standard InChI is InChI=1S/C4H3BrN2O2S/c5-2-1-7-4(10-2)9-3(6)8/h1H,(H2,6,8). The maximum atomic E-state index is 10.1. The number of aromatic nitrogens is 1. The van der Waals surface area contributed by atoms with Gasteiger partial charge in [0, 0.05) is 0 Å². The maximum Gasteiger partial charge on any atom is 0.411 e. The number of ether oxygens (including phenoxy) is 1. The van der Waals surface area contributed by atoms with Crippen LogP contribution in [0.15, 0.2) is 9.98 Å². The van der Waals surface area contributed by atoms with Crippen LogP contribution in [0.25, 0.3) is 0 Å². The molecule has 10 heavy (non-hydrogen) atoms. The average Bonchev–Trinajstić information content (AvgIpc) is 2.13. The van der Waals surface area contributed by atoms with Crippen LogP contribution in [-0.4, -0.2) is 11.1 Å². The minimum atomic E-state index is -0.846. The molecule has 0 spiro atoms. The number of primary amides is 1. The van der Waals surface area contributed by atoms with E-state index in [9.17, 15) is 4.79 Å². The molecule has 0 atom stereocenters. The molecule has 1 heterocycles. The van der Waals surface area contributed by atoms with Crippen LogP contribution in [0, 0.1) is 0 Å². The van der Waals surface area contributed by atoms with Crippen molar-refractivity contribution in [2.75, 3.05) is 0 Å². The van der Waals surface area contributed by atoms with Crippen molar-refractivity contribution in [3.05, 3.63) is 9.98 Å². The summed E-state index contributed by atoms with van der Waals surface area (Å²) in [5, 5.41) is 0.249. The molecule has 0 fully saturated rings. The largest absolute Gasteiger partial charge is 0.411 e. The van der Waals surface area contributed by atoms with Crippen LogP contribution in [0.1, 0.15) is 0 Å². The molecule has 0 aliphatic heterocycles. The fourth-order valence-corrected chi connectivity index (χ4v) is 1.39. The number of carbonyl (C=O) groups is 1. The zero-order chi connectivity index (χ0) is 7.56. The van der Waals surface area contributed by atoms with Crippen LogP contribution in [0.5, 0.6) is 5.19 Å². The van der Waals surface area contributed by atoms with E-state index in [1.165, 1.54) is 17.5 Å². The molecule has 0 saturated heterocycles.